The molecule has 2 rings (SSSR count). The molecule has 5 heteroatoms. The van der Waals surface area contributed by atoms with Crippen molar-refractivity contribution in [1.29, 1.82) is 0 Å². The number of ether oxygens (including phenoxy) is 2. The van der Waals surface area contributed by atoms with Crippen LogP contribution >= 0.6 is 0 Å². The molecule has 1 fully saturated rings. The minimum absolute atomic E-state index is 0.0387. The van der Waals surface area contributed by atoms with Crippen LogP contribution in [-0.2, 0) is 14.6 Å². The summed E-state index contributed by atoms with van der Waals surface area (Å²) in [5.74, 6) is 1.15. The van der Waals surface area contributed by atoms with E-state index in [4.69, 9.17) is 9.47 Å². The second-order valence-electron chi connectivity index (χ2n) is 8.37. The van der Waals surface area contributed by atoms with E-state index < -0.39 is 9.84 Å². The predicted octanol–water partition coefficient (Wildman–Crippen LogP) is 4.20. The molecule has 1 aliphatic carbocycles. The van der Waals surface area contributed by atoms with Gasteiger partial charge in [0.25, 0.3) is 0 Å². The van der Waals surface area contributed by atoms with Crippen molar-refractivity contribution in [3.63, 3.8) is 0 Å². The van der Waals surface area contributed by atoms with Crippen molar-refractivity contribution >= 4 is 9.84 Å². The van der Waals surface area contributed by atoms with E-state index in [0.717, 1.165) is 24.2 Å². The molecule has 4 nitrogen and oxygen atoms in total. The molecule has 142 valence electrons. The molecule has 0 amide bonds. The maximum Gasteiger partial charge on any atom is 0.150 e. The van der Waals surface area contributed by atoms with Crippen molar-refractivity contribution in [2.75, 3.05) is 24.7 Å². The van der Waals surface area contributed by atoms with Crippen LogP contribution in [-0.4, -0.2) is 39.2 Å². The molecule has 1 aromatic carbocycles. The van der Waals surface area contributed by atoms with E-state index in [2.05, 4.69) is 20.8 Å². The summed E-state index contributed by atoms with van der Waals surface area (Å²) < 4.78 is 36.1. The molecule has 0 saturated heterocycles. The molecule has 1 aliphatic rings. The van der Waals surface area contributed by atoms with Crippen molar-refractivity contribution < 1.29 is 17.9 Å². The van der Waals surface area contributed by atoms with Gasteiger partial charge in [0, 0.05) is 6.61 Å². The molecule has 0 N–H and O–H groups in total. The Kier molecular flexibility index (Phi) is 6.92. The second-order valence-corrected chi connectivity index (χ2v) is 10.6. The fraction of sp³-hybridized carbons (Fsp3) is 0.700. The Morgan fingerprint density at radius 3 is 2.60 bits per heavy atom. The van der Waals surface area contributed by atoms with E-state index in [1.165, 1.54) is 0 Å². The Balaban J connectivity index is 1.78. The molecule has 0 aliphatic heterocycles. The van der Waals surface area contributed by atoms with Crippen molar-refractivity contribution in [1.82, 2.24) is 0 Å². The maximum absolute atomic E-state index is 12.4. The smallest absolute Gasteiger partial charge is 0.150 e. The van der Waals surface area contributed by atoms with Gasteiger partial charge in [0.1, 0.15) is 5.75 Å². The van der Waals surface area contributed by atoms with Gasteiger partial charge in [-0.05, 0) is 48.3 Å². The van der Waals surface area contributed by atoms with Gasteiger partial charge in [-0.3, -0.25) is 0 Å². The molecule has 0 radical (unpaired) electrons. The van der Waals surface area contributed by atoms with Gasteiger partial charge in [-0.2, -0.15) is 0 Å². The van der Waals surface area contributed by atoms with Crippen molar-refractivity contribution in [2.24, 2.45) is 5.41 Å². The van der Waals surface area contributed by atoms with E-state index >= 15 is 0 Å². The maximum atomic E-state index is 12.4. The molecule has 1 saturated carbocycles. The van der Waals surface area contributed by atoms with E-state index in [1.54, 1.807) is 0 Å². The molecular weight excluding hydrogens is 336 g/mol. The summed E-state index contributed by atoms with van der Waals surface area (Å²) in [6, 6.07) is 7.84. The summed E-state index contributed by atoms with van der Waals surface area (Å²) >= 11 is 0. The Morgan fingerprint density at radius 2 is 1.96 bits per heavy atom. The third-order valence-electron chi connectivity index (χ3n) is 4.04. The standard InChI is InChI=1S/C20H32O4S/c1-16(17-7-5-8-19(13-17)24-18-9-10-18)14-25(21,22)12-6-11-23-15-20(2,3)4/h5,7-8,13,16,18H,6,9-12,14-15H2,1-4H3/t16-/m0/s1. The molecule has 0 bridgehead atoms. The zero-order valence-corrected chi connectivity index (χ0v) is 16.8. The van der Waals surface area contributed by atoms with Gasteiger partial charge < -0.3 is 9.47 Å². The summed E-state index contributed by atoms with van der Waals surface area (Å²) in [5.41, 5.74) is 1.13. The zero-order valence-electron chi connectivity index (χ0n) is 16.0. The Hall–Kier alpha value is -1.07. The minimum Gasteiger partial charge on any atom is -0.490 e. The summed E-state index contributed by atoms with van der Waals surface area (Å²) in [7, 11) is -3.09. The van der Waals surface area contributed by atoms with Gasteiger partial charge in [0.2, 0.25) is 0 Å². The highest BCUT2D eigenvalue weighted by Gasteiger charge is 2.24. The monoisotopic (exact) mass is 368 g/mol. The van der Waals surface area contributed by atoms with Crippen LogP contribution in [0.2, 0.25) is 0 Å². The number of benzene rings is 1. The normalized spacial score (nSPS) is 16.6. The number of hydrogen-bond acceptors (Lipinski definition) is 4. The van der Waals surface area contributed by atoms with E-state index in [9.17, 15) is 8.42 Å². The Labute approximate surface area is 152 Å². The first kappa shape index (κ1) is 20.2. The van der Waals surface area contributed by atoms with Crippen LogP contribution in [0.5, 0.6) is 5.75 Å². The first-order valence-corrected chi connectivity index (χ1v) is 11.0. The lowest BCUT2D eigenvalue weighted by Crippen LogP contribution is -2.19. The van der Waals surface area contributed by atoms with Crippen molar-refractivity contribution in [3.8, 4) is 5.75 Å². The van der Waals surface area contributed by atoms with E-state index in [1.807, 2.05) is 31.2 Å². The highest BCUT2D eigenvalue weighted by Crippen LogP contribution is 2.29. The summed E-state index contributed by atoms with van der Waals surface area (Å²) in [6.45, 7) is 9.42. The molecular formula is C20H32O4S. The molecule has 1 aromatic rings. The topological polar surface area (TPSA) is 52.6 Å². The van der Waals surface area contributed by atoms with Crippen molar-refractivity contribution in [2.45, 2.75) is 59.0 Å². The molecule has 1 atom stereocenters. The fourth-order valence-corrected chi connectivity index (χ4v) is 4.27. The van der Waals surface area contributed by atoms with Crippen LogP contribution in [0.15, 0.2) is 24.3 Å². The second kappa shape index (κ2) is 8.54. The van der Waals surface area contributed by atoms with Gasteiger partial charge in [-0.1, -0.05) is 39.8 Å². The van der Waals surface area contributed by atoms with Gasteiger partial charge in [0.15, 0.2) is 9.84 Å². The summed E-state index contributed by atoms with van der Waals surface area (Å²) in [5, 5.41) is 0. The zero-order chi connectivity index (χ0) is 18.5. The largest absolute Gasteiger partial charge is 0.490 e. The highest BCUT2D eigenvalue weighted by atomic mass is 32.2. The Bertz CT molecular complexity index is 642. The molecule has 25 heavy (non-hydrogen) atoms. The van der Waals surface area contributed by atoms with Gasteiger partial charge in [0.05, 0.1) is 24.2 Å². The fourth-order valence-electron chi connectivity index (χ4n) is 2.59. The first-order chi connectivity index (χ1) is 11.6. The lowest BCUT2D eigenvalue weighted by Gasteiger charge is -2.18. The number of rotatable bonds is 10. The number of sulfone groups is 1. The van der Waals surface area contributed by atoms with Gasteiger partial charge >= 0.3 is 0 Å². The Morgan fingerprint density at radius 1 is 1.24 bits per heavy atom. The summed E-state index contributed by atoms with van der Waals surface area (Å²) in [6.07, 6.45) is 3.13. The van der Waals surface area contributed by atoms with Crippen molar-refractivity contribution in [3.05, 3.63) is 29.8 Å². The average molecular weight is 369 g/mol. The van der Waals surface area contributed by atoms with Gasteiger partial charge in [-0.15, -0.1) is 0 Å². The van der Waals surface area contributed by atoms with E-state index in [-0.39, 0.29) is 22.8 Å². The minimum atomic E-state index is -3.09. The molecule has 0 unspecified atom stereocenters. The van der Waals surface area contributed by atoms with Crippen LogP contribution < -0.4 is 4.74 Å². The highest BCUT2D eigenvalue weighted by molar-refractivity contribution is 7.91. The molecule has 0 aromatic heterocycles. The van der Waals surface area contributed by atoms with Crippen LogP contribution in [0.1, 0.15) is 58.4 Å². The van der Waals surface area contributed by atoms with Crippen LogP contribution in [0, 0.1) is 5.41 Å². The van der Waals surface area contributed by atoms with Crippen LogP contribution in [0.4, 0.5) is 0 Å². The SMILES string of the molecule is C[C@@H](CS(=O)(=O)CCCOCC(C)(C)C)c1cccc(OC2CC2)c1. The first-order valence-electron chi connectivity index (χ1n) is 9.19. The molecule has 0 spiro atoms. The predicted molar refractivity (Wildman–Crippen MR) is 102 cm³/mol. The summed E-state index contributed by atoms with van der Waals surface area (Å²) in [4.78, 5) is 0. The third-order valence-corrected chi connectivity index (χ3v) is 5.96. The number of hydrogen-bond donors (Lipinski definition) is 0. The quantitative estimate of drug-likeness (QED) is 0.581. The van der Waals surface area contributed by atoms with E-state index in [0.29, 0.717) is 25.7 Å². The lowest BCUT2D eigenvalue weighted by molar-refractivity contribution is 0.0720. The average Bonchev–Trinajstić information content (AvgIpc) is 3.29. The molecule has 0 heterocycles. The third kappa shape index (κ3) is 8.23. The van der Waals surface area contributed by atoms with Crippen LogP contribution in [0.25, 0.3) is 0 Å². The van der Waals surface area contributed by atoms with Gasteiger partial charge in [-0.25, -0.2) is 8.42 Å². The lowest BCUT2D eigenvalue weighted by atomic mass is 9.99. The van der Waals surface area contributed by atoms with Crippen LogP contribution in [0.3, 0.4) is 0 Å².